The number of thiocarbonyl (C=S) groups is 1. The van der Waals surface area contributed by atoms with Gasteiger partial charge in [-0.05, 0) is 60.6 Å². The molecule has 0 radical (unpaired) electrons. The van der Waals surface area contributed by atoms with E-state index >= 15 is 0 Å². The van der Waals surface area contributed by atoms with Crippen LogP contribution in [0.4, 0.5) is 5.69 Å². The number of benzene rings is 2. The lowest BCUT2D eigenvalue weighted by atomic mass is 10.2. The van der Waals surface area contributed by atoms with Gasteiger partial charge in [-0.25, -0.2) is 0 Å². The van der Waals surface area contributed by atoms with Crippen LogP contribution < -0.4 is 20.2 Å². The third kappa shape index (κ3) is 4.96. The van der Waals surface area contributed by atoms with Crippen molar-refractivity contribution in [1.29, 1.82) is 0 Å². The lowest BCUT2D eigenvalue weighted by Crippen LogP contribution is -2.23. The first kappa shape index (κ1) is 16.8. The molecular weight excluding hydrogens is 310 g/mol. The zero-order valence-electron chi connectivity index (χ0n) is 13.3. The van der Waals surface area contributed by atoms with Gasteiger partial charge in [-0.1, -0.05) is 12.1 Å². The number of aryl methyl sites for hydroxylation is 1. The summed E-state index contributed by atoms with van der Waals surface area (Å²) in [5.41, 5.74) is 5.73. The van der Waals surface area contributed by atoms with Gasteiger partial charge in [0, 0.05) is 5.69 Å². The van der Waals surface area contributed by atoms with Gasteiger partial charge in [-0.2, -0.15) is 5.10 Å². The van der Waals surface area contributed by atoms with Gasteiger partial charge in [0.15, 0.2) is 16.6 Å². The highest BCUT2D eigenvalue weighted by Crippen LogP contribution is 2.26. The first-order chi connectivity index (χ1) is 11.1. The van der Waals surface area contributed by atoms with Crippen LogP contribution in [0.15, 0.2) is 47.6 Å². The molecule has 0 heterocycles. The van der Waals surface area contributed by atoms with Crippen molar-refractivity contribution in [3.8, 4) is 11.5 Å². The van der Waals surface area contributed by atoms with Gasteiger partial charge >= 0.3 is 0 Å². The molecule has 2 aromatic rings. The zero-order chi connectivity index (χ0) is 16.7. The summed E-state index contributed by atoms with van der Waals surface area (Å²) < 4.78 is 10.4. The molecule has 2 rings (SSSR count). The Kier molecular flexibility index (Phi) is 5.94. The van der Waals surface area contributed by atoms with Crippen molar-refractivity contribution in [2.75, 3.05) is 19.5 Å². The molecule has 0 aliphatic heterocycles. The van der Waals surface area contributed by atoms with E-state index in [1.54, 1.807) is 20.4 Å². The summed E-state index contributed by atoms with van der Waals surface area (Å²) in [4.78, 5) is 0. The minimum atomic E-state index is 0.423. The lowest BCUT2D eigenvalue weighted by Gasteiger charge is -2.08. The molecule has 0 aliphatic rings. The van der Waals surface area contributed by atoms with E-state index < -0.39 is 0 Å². The summed E-state index contributed by atoms with van der Waals surface area (Å²) in [5, 5.41) is 7.61. The molecule has 0 atom stereocenters. The molecule has 0 fully saturated rings. The number of anilines is 1. The molecule has 0 saturated carbocycles. The second-order valence-corrected chi connectivity index (χ2v) is 5.22. The molecular formula is C17H19N3O2S. The van der Waals surface area contributed by atoms with Gasteiger partial charge in [-0.3, -0.25) is 5.43 Å². The van der Waals surface area contributed by atoms with Gasteiger partial charge < -0.3 is 14.8 Å². The average molecular weight is 329 g/mol. The molecule has 5 nitrogen and oxygen atoms in total. The van der Waals surface area contributed by atoms with Crippen molar-refractivity contribution >= 4 is 29.2 Å². The standard InChI is InChI=1S/C17H19N3O2S/c1-12-5-4-6-14(9-12)19-17(23)20-18-11-13-7-8-15(21-2)16(10-13)22-3/h4-11H,1-3H3,(H2,19,20,23)/b18-11+. The van der Waals surface area contributed by atoms with Gasteiger partial charge in [0.1, 0.15) is 0 Å². The van der Waals surface area contributed by atoms with Crippen LogP contribution in [0, 0.1) is 6.92 Å². The SMILES string of the molecule is COc1ccc(/C=N/NC(=S)Nc2cccc(C)c2)cc1OC. The topological polar surface area (TPSA) is 54.9 Å². The summed E-state index contributed by atoms with van der Waals surface area (Å²) in [7, 11) is 3.19. The summed E-state index contributed by atoms with van der Waals surface area (Å²) in [5.74, 6) is 1.33. The Morgan fingerprint density at radius 3 is 2.57 bits per heavy atom. The molecule has 2 aromatic carbocycles. The largest absolute Gasteiger partial charge is 0.493 e. The first-order valence-electron chi connectivity index (χ1n) is 7.01. The number of ether oxygens (including phenoxy) is 2. The predicted octanol–water partition coefficient (Wildman–Crippen LogP) is 3.33. The molecule has 2 N–H and O–H groups in total. The Labute approximate surface area is 141 Å². The number of hydrogen-bond donors (Lipinski definition) is 2. The number of hydrogen-bond acceptors (Lipinski definition) is 4. The maximum atomic E-state index is 5.25. The van der Waals surface area contributed by atoms with Crippen LogP contribution in [-0.4, -0.2) is 25.5 Å². The smallest absolute Gasteiger partial charge is 0.191 e. The van der Waals surface area contributed by atoms with E-state index in [1.165, 1.54) is 0 Å². The molecule has 6 heteroatoms. The number of nitrogens with one attached hydrogen (secondary N) is 2. The van der Waals surface area contributed by atoms with Crippen LogP contribution in [0.5, 0.6) is 11.5 Å². The predicted molar refractivity (Wildman–Crippen MR) is 97.7 cm³/mol. The number of methoxy groups -OCH3 is 2. The van der Waals surface area contributed by atoms with E-state index in [0.29, 0.717) is 16.6 Å². The second-order valence-electron chi connectivity index (χ2n) is 4.81. The Morgan fingerprint density at radius 2 is 1.87 bits per heavy atom. The van der Waals surface area contributed by atoms with Crippen LogP contribution in [0.3, 0.4) is 0 Å². The van der Waals surface area contributed by atoms with E-state index in [4.69, 9.17) is 21.7 Å². The fourth-order valence-corrected chi connectivity index (χ4v) is 2.15. The normalized spacial score (nSPS) is 10.4. The Morgan fingerprint density at radius 1 is 1.09 bits per heavy atom. The minimum Gasteiger partial charge on any atom is -0.493 e. The van der Waals surface area contributed by atoms with Crippen LogP contribution in [0.1, 0.15) is 11.1 Å². The van der Waals surface area contributed by atoms with Crippen molar-refractivity contribution < 1.29 is 9.47 Å². The summed E-state index contributed by atoms with van der Waals surface area (Å²) >= 11 is 5.20. The Bertz CT molecular complexity index is 717. The minimum absolute atomic E-state index is 0.423. The molecule has 0 aliphatic carbocycles. The van der Waals surface area contributed by atoms with E-state index in [0.717, 1.165) is 16.8 Å². The molecule has 0 aromatic heterocycles. The fourth-order valence-electron chi connectivity index (χ4n) is 1.98. The van der Waals surface area contributed by atoms with Crippen LogP contribution in [0.25, 0.3) is 0 Å². The third-order valence-corrected chi connectivity index (χ3v) is 3.26. The molecule has 0 unspecified atom stereocenters. The highest BCUT2D eigenvalue weighted by molar-refractivity contribution is 7.80. The average Bonchev–Trinajstić information content (AvgIpc) is 2.54. The summed E-state index contributed by atoms with van der Waals surface area (Å²) in [6.07, 6.45) is 1.66. The molecule has 120 valence electrons. The van der Waals surface area contributed by atoms with Gasteiger partial charge in [0.2, 0.25) is 0 Å². The first-order valence-corrected chi connectivity index (χ1v) is 7.42. The van der Waals surface area contributed by atoms with Crippen LogP contribution in [-0.2, 0) is 0 Å². The van der Waals surface area contributed by atoms with E-state index in [1.807, 2.05) is 49.4 Å². The highest BCUT2D eigenvalue weighted by atomic mass is 32.1. The van der Waals surface area contributed by atoms with Crippen molar-refractivity contribution in [1.82, 2.24) is 5.43 Å². The van der Waals surface area contributed by atoms with E-state index in [2.05, 4.69) is 15.8 Å². The van der Waals surface area contributed by atoms with Crippen molar-refractivity contribution in [2.24, 2.45) is 5.10 Å². The van der Waals surface area contributed by atoms with Gasteiger partial charge in [-0.15, -0.1) is 0 Å². The second kappa shape index (κ2) is 8.14. The maximum Gasteiger partial charge on any atom is 0.191 e. The quantitative estimate of drug-likeness (QED) is 0.501. The Hall–Kier alpha value is -2.60. The van der Waals surface area contributed by atoms with Gasteiger partial charge in [0.25, 0.3) is 0 Å². The third-order valence-electron chi connectivity index (χ3n) is 3.06. The van der Waals surface area contributed by atoms with Crippen LogP contribution in [0.2, 0.25) is 0 Å². The van der Waals surface area contributed by atoms with Crippen molar-refractivity contribution in [3.05, 3.63) is 53.6 Å². The maximum absolute atomic E-state index is 5.25. The molecule has 0 spiro atoms. The fraction of sp³-hybridized carbons (Fsp3) is 0.176. The van der Waals surface area contributed by atoms with Gasteiger partial charge in [0.05, 0.1) is 20.4 Å². The molecule has 0 saturated heterocycles. The lowest BCUT2D eigenvalue weighted by molar-refractivity contribution is 0.355. The summed E-state index contributed by atoms with van der Waals surface area (Å²) in [6, 6.07) is 13.5. The van der Waals surface area contributed by atoms with Crippen molar-refractivity contribution in [2.45, 2.75) is 6.92 Å². The van der Waals surface area contributed by atoms with E-state index in [-0.39, 0.29) is 0 Å². The summed E-state index contributed by atoms with van der Waals surface area (Å²) in [6.45, 7) is 2.02. The Balaban J connectivity index is 1.94. The molecule has 23 heavy (non-hydrogen) atoms. The molecule has 0 bridgehead atoms. The van der Waals surface area contributed by atoms with Crippen molar-refractivity contribution in [3.63, 3.8) is 0 Å². The molecule has 0 amide bonds. The number of rotatable bonds is 5. The van der Waals surface area contributed by atoms with Crippen LogP contribution >= 0.6 is 12.2 Å². The monoisotopic (exact) mass is 329 g/mol. The van der Waals surface area contributed by atoms with E-state index in [9.17, 15) is 0 Å². The zero-order valence-corrected chi connectivity index (χ0v) is 14.1. The highest BCUT2D eigenvalue weighted by Gasteiger charge is 2.03. The number of hydrazone groups is 1. The number of nitrogens with zero attached hydrogens (tertiary/aromatic N) is 1.